The maximum atomic E-state index is 12.2. The van der Waals surface area contributed by atoms with Crippen LogP contribution in [0.2, 0.25) is 0 Å². The number of nitrogens with one attached hydrogen (secondary N) is 1. The highest BCUT2D eigenvalue weighted by Gasteiger charge is 2.14. The van der Waals surface area contributed by atoms with E-state index in [1.807, 2.05) is 56.3 Å². The van der Waals surface area contributed by atoms with Gasteiger partial charge in [0.2, 0.25) is 0 Å². The van der Waals surface area contributed by atoms with E-state index in [-0.39, 0.29) is 12.3 Å². The molecule has 0 saturated carbocycles. The number of hydrogen-bond donors (Lipinski definition) is 2. The third kappa shape index (κ3) is 2.55. The lowest BCUT2D eigenvalue weighted by atomic mass is 9.99. The van der Waals surface area contributed by atoms with E-state index in [1.165, 1.54) is 0 Å². The van der Waals surface area contributed by atoms with E-state index >= 15 is 0 Å². The summed E-state index contributed by atoms with van der Waals surface area (Å²) >= 11 is 0. The average molecular weight is 349 g/mol. The van der Waals surface area contributed by atoms with E-state index < -0.39 is 0 Å². The predicted octanol–water partition coefficient (Wildman–Crippen LogP) is 3.04. The summed E-state index contributed by atoms with van der Waals surface area (Å²) in [6, 6.07) is 13.5. The van der Waals surface area contributed by atoms with Crippen LogP contribution < -0.4 is 10.4 Å². The quantitative estimate of drug-likeness (QED) is 0.593. The van der Waals surface area contributed by atoms with Gasteiger partial charge in [-0.1, -0.05) is 18.2 Å². The van der Waals surface area contributed by atoms with Crippen molar-refractivity contribution in [3.05, 3.63) is 64.1 Å². The molecule has 6 heteroatoms. The normalized spacial score (nSPS) is 11.3. The molecule has 4 rings (SSSR count). The van der Waals surface area contributed by atoms with Crippen LogP contribution in [0.1, 0.15) is 18.1 Å². The molecule has 2 heterocycles. The molecule has 2 aromatic heterocycles. The fourth-order valence-corrected chi connectivity index (χ4v) is 3.32. The van der Waals surface area contributed by atoms with Crippen LogP contribution in [0.25, 0.3) is 27.7 Å². The Labute approximate surface area is 149 Å². The first-order valence-electron chi connectivity index (χ1n) is 8.50. The molecule has 0 amide bonds. The Morgan fingerprint density at radius 1 is 1.23 bits per heavy atom. The number of fused-ring (bicyclic) bond motifs is 3. The number of benzene rings is 2. The number of hydrogen-bond acceptors (Lipinski definition) is 4. The van der Waals surface area contributed by atoms with Crippen molar-refractivity contribution >= 4 is 16.6 Å². The van der Waals surface area contributed by atoms with Crippen LogP contribution in [0.3, 0.4) is 0 Å². The Balaban J connectivity index is 2.10. The first-order chi connectivity index (χ1) is 12.6. The fraction of sp³-hybridized carbons (Fsp3) is 0.200. The van der Waals surface area contributed by atoms with Gasteiger partial charge in [-0.05, 0) is 54.8 Å². The second kappa shape index (κ2) is 6.31. The smallest absolute Gasteiger partial charge is 0.348 e. The van der Waals surface area contributed by atoms with E-state index in [0.717, 1.165) is 38.9 Å². The van der Waals surface area contributed by atoms with Gasteiger partial charge in [-0.2, -0.15) is 5.10 Å². The lowest BCUT2D eigenvalue weighted by Gasteiger charge is -2.14. The molecule has 0 radical (unpaired) electrons. The van der Waals surface area contributed by atoms with Gasteiger partial charge in [0.1, 0.15) is 5.75 Å². The standard InChI is InChI=1S/C20H19N3O3/c1-3-26-18-10-15-12(2)7-19-21-22-20(25)23(19)17(15)9-16(18)14-6-4-5-13(8-14)11-24/h4-10,24H,3,11H2,1-2H3,(H,22,25). The van der Waals surface area contributed by atoms with Crippen molar-refractivity contribution < 1.29 is 9.84 Å². The Kier molecular flexibility index (Phi) is 3.97. The van der Waals surface area contributed by atoms with Gasteiger partial charge in [0.25, 0.3) is 0 Å². The molecule has 0 fully saturated rings. The summed E-state index contributed by atoms with van der Waals surface area (Å²) < 4.78 is 7.45. The molecular weight excluding hydrogens is 330 g/mol. The van der Waals surface area contributed by atoms with Crippen LogP contribution in [0.15, 0.2) is 47.3 Å². The highest BCUT2D eigenvalue weighted by molar-refractivity contribution is 5.92. The zero-order chi connectivity index (χ0) is 18.3. The molecule has 26 heavy (non-hydrogen) atoms. The van der Waals surface area contributed by atoms with E-state index in [9.17, 15) is 9.90 Å². The van der Waals surface area contributed by atoms with Gasteiger partial charge in [0.05, 0.1) is 18.7 Å². The number of aliphatic hydroxyl groups excluding tert-OH is 1. The molecular formula is C20H19N3O3. The lowest BCUT2D eigenvalue weighted by Crippen LogP contribution is -2.10. The molecule has 6 nitrogen and oxygen atoms in total. The van der Waals surface area contributed by atoms with Crippen LogP contribution in [-0.2, 0) is 6.61 Å². The first kappa shape index (κ1) is 16.4. The van der Waals surface area contributed by atoms with E-state index in [4.69, 9.17) is 4.74 Å². The van der Waals surface area contributed by atoms with Crippen molar-refractivity contribution in [3.8, 4) is 16.9 Å². The number of aromatic nitrogens is 3. The summed E-state index contributed by atoms with van der Waals surface area (Å²) in [5.41, 5.74) is 4.71. The second-order valence-electron chi connectivity index (χ2n) is 6.21. The van der Waals surface area contributed by atoms with Gasteiger partial charge in [0, 0.05) is 10.9 Å². The topological polar surface area (TPSA) is 79.6 Å². The molecule has 0 saturated heterocycles. The number of aromatic amines is 1. The summed E-state index contributed by atoms with van der Waals surface area (Å²) in [5, 5.41) is 17.0. The molecule has 2 aromatic carbocycles. The monoisotopic (exact) mass is 349 g/mol. The molecule has 0 aliphatic heterocycles. The van der Waals surface area contributed by atoms with Crippen molar-refractivity contribution in [2.24, 2.45) is 0 Å². The molecule has 0 atom stereocenters. The lowest BCUT2D eigenvalue weighted by molar-refractivity contribution is 0.282. The Hall–Kier alpha value is -3.12. The summed E-state index contributed by atoms with van der Waals surface area (Å²) in [5.74, 6) is 0.745. The molecule has 2 N–H and O–H groups in total. The molecule has 4 aromatic rings. The number of aryl methyl sites for hydroxylation is 1. The van der Waals surface area contributed by atoms with Gasteiger partial charge < -0.3 is 9.84 Å². The SMILES string of the molecule is CCOc1cc2c(C)cc3n[nH]c(=O)n3c2cc1-c1cccc(CO)c1. The Morgan fingerprint density at radius 3 is 2.85 bits per heavy atom. The third-order valence-corrected chi connectivity index (χ3v) is 4.53. The third-order valence-electron chi connectivity index (χ3n) is 4.53. The van der Waals surface area contributed by atoms with Crippen LogP contribution >= 0.6 is 0 Å². The molecule has 0 spiro atoms. The highest BCUT2D eigenvalue weighted by Crippen LogP contribution is 2.36. The first-order valence-corrected chi connectivity index (χ1v) is 8.50. The van der Waals surface area contributed by atoms with E-state index in [1.54, 1.807) is 4.40 Å². The molecule has 0 unspecified atom stereocenters. The van der Waals surface area contributed by atoms with Gasteiger partial charge in [-0.15, -0.1) is 0 Å². The van der Waals surface area contributed by atoms with Gasteiger partial charge in [-0.3, -0.25) is 0 Å². The maximum absolute atomic E-state index is 12.2. The van der Waals surface area contributed by atoms with Crippen LogP contribution in [0.4, 0.5) is 0 Å². The minimum atomic E-state index is -0.274. The summed E-state index contributed by atoms with van der Waals surface area (Å²) in [4.78, 5) is 12.2. The number of rotatable bonds is 4. The molecule has 0 aliphatic rings. The van der Waals surface area contributed by atoms with E-state index in [0.29, 0.717) is 12.3 Å². The van der Waals surface area contributed by atoms with Gasteiger partial charge in [-0.25, -0.2) is 14.3 Å². The van der Waals surface area contributed by atoms with Crippen LogP contribution in [0.5, 0.6) is 5.75 Å². The zero-order valence-corrected chi connectivity index (χ0v) is 14.6. The largest absolute Gasteiger partial charge is 0.493 e. The Morgan fingerprint density at radius 2 is 2.08 bits per heavy atom. The van der Waals surface area contributed by atoms with Crippen LogP contribution in [0, 0.1) is 6.92 Å². The second-order valence-corrected chi connectivity index (χ2v) is 6.21. The number of pyridine rings is 1. The number of H-pyrrole nitrogens is 1. The number of aliphatic hydroxyl groups is 1. The molecule has 132 valence electrons. The maximum Gasteiger partial charge on any atom is 0.348 e. The fourth-order valence-electron chi connectivity index (χ4n) is 3.32. The van der Waals surface area contributed by atoms with Gasteiger partial charge in [0.15, 0.2) is 5.65 Å². The minimum Gasteiger partial charge on any atom is -0.493 e. The average Bonchev–Trinajstić information content (AvgIpc) is 3.02. The van der Waals surface area contributed by atoms with Crippen molar-refractivity contribution in [1.29, 1.82) is 0 Å². The minimum absolute atomic E-state index is 0.0318. The summed E-state index contributed by atoms with van der Waals surface area (Å²) in [7, 11) is 0. The predicted molar refractivity (Wildman–Crippen MR) is 101 cm³/mol. The molecule has 0 aliphatic carbocycles. The summed E-state index contributed by atoms with van der Waals surface area (Å²) in [6.07, 6.45) is 0. The van der Waals surface area contributed by atoms with Crippen molar-refractivity contribution in [3.63, 3.8) is 0 Å². The van der Waals surface area contributed by atoms with Crippen molar-refractivity contribution in [2.45, 2.75) is 20.5 Å². The molecule has 0 bridgehead atoms. The van der Waals surface area contributed by atoms with Crippen molar-refractivity contribution in [2.75, 3.05) is 6.61 Å². The van der Waals surface area contributed by atoms with E-state index in [2.05, 4.69) is 10.2 Å². The number of nitrogens with zero attached hydrogens (tertiary/aromatic N) is 2. The van der Waals surface area contributed by atoms with Gasteiger partial charge >= 0.3 is 5.69 Å². The highest BCUT2D eigenvalue weighted by atomic mass is 16.5. The Bertz CT molecular complexity index is 1170. The summed E-state index contributed by atoms with van der Waals surface area (Å²) in [6.45, 7) is 4.43. The number of ether oxygens (including phenoxy) is 1. The van der Waals surface area contributed by atoms with Crippen molar-refractivity contribution in [1.82, 2.24) is 14.6 Å². The zero-order valence-electron chi connectivity index (χ0n) is 14.6. The van der Waals surface area contributed by atoms with Crippen LogP contribution in [-0.4, -0.2) is 26.3 Å².